The second-order valence-electron chi connectivity index (χ2n) is 2.40. The van der Waals surface area contributed by atoms with Gasteiger partial charge in [0.25, 0.3) is 0 Å². The van der Waals surface area contributed by atoms with Crippen molar-refractivity contribution in [3.8, 4) is 0 Å². The Bertz CT molecular complexity index is 114. The summed E-state index contributed by atoms with van der Waals surface area (Å²) in [6.45, 7) is 10.2. The molecule has 0 aliphatic heterocycles. The summed E-state index contributed by atoms with van der Waals surface area (Å²) in [5, 5.41) is 0. The predicted octanol–water partition coefficient (Wildman–Crippen LogP) is 2.60. The van der Waals surface area contributed by atoms with E-state index in [1.807, 2.05) is 6.08 Å². The summed E-state index contributed by atoms with van der Waals surface area (Å²) in [5.74, 6) is 0. The molecule has 0 amide bonds. The quantitative estimate of drug-likeness (QED) is 0.373. The fourth-order valence-electron chi connectivity index (χ4n) is 0.599. The minimum absolute atomic E-state index is 0.596. The molecule has 0 spiro atoms. The van der Waals surface area contributed by atoms with Gasteiger partial charge in [0.05, 0.1) is 0 Å². The van der Waals surface area contributed by atoms with Crippen molar-refractivity contribution < 1.29 is 15.1 Å². The molecule has 0 atom stereocenters. The summed E-state index contributed by atoms with van der Waals surface area (Å²) in [4.78, 5) is 0. The molecule has 0 aromatic heterocycles. The van der Waals surface area contributed by atoms with Crippen molar-refractivity contribution in [2.45, 2.75) is 26.3 Å². The molecule has 0 aliphatic rings. The summed E-state index contributed by atoms with van der Waals surface area (Å²) < 4.78 is 2.29. The summed E-state index contributed by atoms with van der Waals surface area (Å²) in [6, 6.07) is 0.596. The Labute approximate surface area is 72.6 Å². The van der Waals surface area contributed by atoms with Crippen LogP contribution < -0.4 is 0 Å². The number of rotatable bonds is 5. The van der Waals surface area contributed by atoms with Crippen LogP contribution in [0.4, 0.5) is 0 Å². The molecule has 0 fully saturated rings. The van der Waals surface area contributed by atoms with Gasteiger partial charge < -0.3 is 0 Å². The second kappa shape index (κ2) is 6.24. The Hall–Kier alpha value is 0.519. The van der Waals surface area contributed by atoms with Gasteiger partial charge in [0.1, 0.15) is 0 Å². The third kappa shape index (κ3) is 4.35. The minimum atomic E-state index is 0.596. The first kappa shape index (κ1) is 10.5. The van der Waals surface area contributed by atoms with E-state index in [0.717, 1.165) is 19.9 Å². The first-order chi connectivity index (χ1) is 4.72. The molecule has 0 saturated carbocycles. The maximum absolute atomic E-state index is 3.82. The zero-order chi connectivity index (χ0) is 7.98. The van der Waals surface area contributed by atoms with E-state index in [-0.39, 0.29) is 0 Å². The fraction of sp³-hybridized carbons (Fsp3) is 0.714. The predicted molar refractivity (Wildman–Crippen MR) is 43.6 cm³/mol. The first-order valence-corrected chi connectivity index (χ1v) is 5.60. The molecule has 0 radical (unpaired) electrons. The molecule has 0 N–H and O–H groups in total. The average molecular weight is 199 g/mol. The van der Waals surface area contributed by atoms with Crippen LogP contribution in [0.5, 0.6) is 0 Å². The van der Waals surface area contributed by atoms with E-state index in [4.69, 9.17) is 0 Å². The van der Waals surface area contributed by atoms with Crippen LogP contribution in [0.1, 0.15) is 20.3 Å². The first-order valence-electron chi connectivity index (χ1n) is 3.40. The van der Waals surface area contributed by atoms with Crippen LogP contribution in [-0.2, 0) is 15.1 Å². The number of nitrogens with zero attached hydrogens (tertiary/aromatic N) is 1. The van der Waals surface area contributed by atoms with E-state index in [9.17, 15) is 0 Å². The molecule has 0 aliphatic carbocycles. The van der Waals surface area contributed by atoms with Crippen molar-refractivity contribution in [3.05, 3.63) is 12.7 Å². The van der Waals surface area contributed by atoms with E-state index >= 15 is 0 Å². The van der Waals surface area contributed by atoms with Gasteiger partial charge in [-0.05, 0) is 0 Å². The molecule has 1 nitrogen and oxygen atoms in total. The van der Waals surface area contributed by atoms with E-state index in [1.54, 1.807) is 0 Å². The van der Waals surface area contributed by atoms with Crippen molar-refractivity contribution in [1.29, 1.82) is 0 Å². The molecule has 0 aromatic carbocycles. The van der Waals surface area contributed by atoms with Gasteiger partial charge in [0.2, 0.25) is 0 Å². The van der Waals surface area contributed by atoms with Crippen molar-refractivity contribution in [3.63, 3.8) is 0 Å². The molecule has 0 aromatic rings. The standard InChI is InChI=1S/C7H14NP.Fe/c1-4-5-6-8(9)7(2)3;/h4,7H,1,5-6H2,2-3H3;. The zero-order valence-corrected chi connectivity index (χ0v) is 8.52. The van der Waals surface area contributed by atoms with Crippen molar-refractivity contribution >= 4 is 6.98 Å². The van der Waals surface area contributed by atoms with Gasteiger partial charge in [-0.25, -0.2) is 0 Å². The summed E-state index contributed by atoms with van der Waals surface area (Å²) in [6.07, 6.45) is 3.00. The van der Waals surface area contributed by atoms with Crippen LogP contribution in [0.2, 0.25) is 0 Å². The van der Waals surface area contributed by atoms with Gasteiger partial charge in [-0.1, -0.05) is 0 Å². The SMILES string of the molecule is C=CCCN([P]=[Fe])C(C)C. The van der Waals surface area contributed by atoms with Crippen LogP contribution >= 0.6 is 6.98 Å². The molecule has 0 bridgehead atoms. The van der Waals surface area contributed by atoms with Crippen LogP contribution in [0, 0.1) is 0 Å². The third-order valence-corrected chi connectivity index (χ3v) is 2.94. The average Bonchev–Trinajstić information content (AvgIpc) is 1.89. The van der Waals surface area contributed by atoms with Crippen molar-refractivity contribution in [1.82, 2.24) is 4.67 Å². The van der Waals surface area contributed by atoms with E-state index in [2.05, 4.69) is 40.2 Å². The van der Waals surface area contributed by atoms with Crippen LogP contribution in [0.15, 0.2) is 12.7 Å². The van der Waals surface area contributed by atoms with Crippen LogP contribution in [-0.4, -0.2) is 17.3 Å². The summed E-state index contributed by atoms with van der Waals surface area (Å²) in [5.41, 5.74) is 0. The topological polar surface area (TPSA) is 3.24 Å². The fourth-order valence-corrected chi connectivity index (χ4v) is 2.04. The Morgan fingerprint density at radius 2 is 2.30 bits per heavy atom. The molecule has 0 rings (SSSR count). The Morgan fingerprint density at radius 1 is 1.70 bits per heavy atom. The van der Waals surface area contributed by atoms with Gasteiger partial charge in [0.15, 0.2) is 0 Å². The van der Waals surface area contributed by atoms with E-state index in [1.165, 1.54) is 0 Å². The number of hydrogen-bond acceptors (Lipinski definition) is 1. The number of hydrogen-bond donors (Lipinski definition) is 0. The Morgan fingerprint density at radius 3 is 2.60 bits per heavy atom. The van der Waals surface area contributed by atoms with Crippen molar-refractivity contribution in [2.24, 2.45) is 0 Å². The van der Waals surface area contributed by atoms with E-state index < -0.39 is 0 Å². The second-order valence-corrected chi connectivity index (χ2v) is 3.72. The summed E-state index contributed by atoms with van der Waals surface area (Å²) >= 11 is 3.82. The van der Waals surface area contributed by atoms with Crippen LogP contribution in [0.3, 0.4) is 0 Å². The third-order valence-electron chi connectivity index (χ3n) is 1.25. The molecular formula is C7H14FeNP. The van der Waals surface area contributed by atoms with Gasteiger partial charge in [-0.3, -0.25) is 0 Å². The zero-order valence-electron chi connectivity index (χ0n) is 6.52. The van der Waals surface area contributed by atoms with Gasteiger partial charge in [-0.2, -0.15) is 0 Å². The molecule has 0 unspecified atom stereocenters. The molecule has 0 heterocycles. The van der Waals surface area contributed by atoms with E-state index in [0.29, 0.717) is 6.04 Å². The van der Waals surface area contributed by atoms with Gasteiger partial charge >= 0.3 is 72.3 Å². The molecule has 60 valence electrons. The molecular weight excluding hydrogens is 185 g/mol. The molecule has 10 heavy (non-hydrogen) atoms. The monoisotopic (exact) mass is 199 g/mol. The Kier molecular flexibility index (Phi) is 6.57. The summed E-state index contributed by atoms with van der Waals surface area (Å²) in [7, 11) is 0. The van der Waals surface area contributed by atoms with Crippen molar-refractivity contribution in [2.75, 3.05) is 6.54 Å². The molecule has 0 saturated heterocycles. The maximum atomic E-state index is 3.82. The molecule has 3 heteroatoms. The van der Waals surface area contributed by atoms with Gasteiger partial charge in [-0.15, -0.1) is 0 Å². The normalized spacial score (nSPS) is 11.3. The van der Waals surface area contributed by atoms with Crippen LogP contribution in [0.25, 0.3) is 0 Å². The van der Waals surface area contributed by atoms with Gasteiger partial charge in [0, 0.05) is 0 Å². The Balaban J connectivity index is 3.59.